The van der Waals surface area contributed by atoms with Crippen LogP contribution in [0.2, 0.25) is 0 Å². The number of benzene rings is 2. The molecule has 1 amide bonds. The van der Waals surface area contributed by atoms with Crippen molar-refractivity contribution in [3.63, 3.8) is 0 Å². The predicted molar refractivity (Wildman–Crippen MR) is 98.8 cm³/mol. The molecular weight excluding hydrogens is 346 g/mol. The molecule has 0 atom stereocenters. The molecular formula is C19H15N5O3. The largest absolute Gasteiger partial charge is 0.454 e. The smallest absolute Gasteiger partial charge is 0.275 e. The number of rotatable bonds is 3. The maximum atomic E-state index is 12.6. The first-order valence-electron chi connectivity index (χ1n) is 8.37. The zero-order chi connectivity index (χ0) is 18.4. The number of ether oxygens (including phenoxy) is 2. The second-order valence-corrected chi connectivity index (χ2v) is 6.17. The van der Waals surface area contributed by atoms with Gasteiger partial charge in [-0.2, -0.15) is 5.10 Å². The van der Waals surface area contributed by atoms with E-state index < -0.39 is 0 Å². The lowest BCUT2D eigenvalue weighted by Crippen LogP contribution is -2.15. The second-order valence-electron chi connectivity index (χ2n) is 6.17. The number of imidazole rings is 1. The summed E-state index contributed by atoms with van der Waals surface area (Å²) in [5.41, 5.74) is 3.58. The van der Waals surface area contributed by atoms with Crippen LogP contribution in [0.3, 0.4) is 0 Å². The fourth-order valence-electron chi connectivity index (χ4n) is 3.07. The Balaban J connectivity index is 1.40. The Kier molecular flexibility index (Phi) is 3.36. The lowest BCUT2D eigenvalue weighted by Gasteiger charge is -2.03. The van der Waals surface area contributed by atoms with Gasteiger partial charge in [0.1, 0.15) is 5.69 Å². The molecule has 2 aromatic carbocycles. The normalized spacial score (nSPS) is 12.5. The van der Waals surface area contributed by atoms with Gasteiger partial charge in [0.25, 0.3) is 5.91 Å². The molecule has 0 aliphatic carbocycles. The summed E-state index contributed by atoms with van der Waals surface area (Å²) in [5.74, 6) is 1.53. The van der Waals surface area contributed by atoms with Gasteiger partial charge < -0.3 is 14.0 Å². The fraction of sp³-hybridized carbons (Fsp3) is 0.105. The Morgan fingerprint density at radius 1 is 1.15 bits per heavy atom. The number of aryl methyl sites for hydroxylation is 1. The van der Waals surface area contributed by atoms with Crippen LogP contribution in [0.15, 0.2) is 48.5 Å². The number of carbonyl (C=O) groups is 1. The zero-order valence-electron chi connectivity index (χ0n) is 14.4. The number of nitrogens with one attached hydrogen (secondary N) is 2. The van der Waals surface area contributed by atoms with E-state index in [4.69, 9.17) is 9.47 Å². The Bertz CT molecular complexity index is 1180. The number of fused-ring (bicyclic) bond motifs is 2. The summed E-state index contributed by atoms with van der Waals surface area (Å²) in [5, 5.41) is 9.82. The topological polar surface area (TPSA) is 94.1 Å². The molecule has 0 radical (unpaired) electrons. The highest BCUT2D eigenvalue weighted by Crippen LogP contribution is 2.35. The summed E-state index contributed by atoms with van der Waals surface area (Å²) >= 11 is 0. The summed E-state index contributed by atoms with van der Waals surface area (Å²) in [6.45, 7) is 0.213. The second kappa shape index (κ2) is 5.87. The van der Waals surface area contributed by atoms with E-state index in [1.807, 2.05) is 54.1 Å². The van der Waals surface area contributed by atoms with Crippen molar-refractivity contribution in [2.45, 2.75) is 0 Å². The molecule has 134 valence electrons. The number of aromatic amines is 1. The molecule has 8 heteroatoms. The van der Waals surface area contributed by atoms with Crippen LogP contribution in [0.1, 0.15) is 10.5 Å². The Hall–Kier alpha value is -3.81. The zero-order valence-corrected chi connectivity index (χ0v) is 14.4. The predicted octanol–water partition coefficient (Wildman–Crippen LogP) is 2.94. The van der Waals surface area contributed by atoms with Gasteiger partial charge in [-0.1, -0.05) is 12.1 Å². The van der Waals surface area contributed by atoms with Crippen LogP contribution in [0.4, 0.5) is 5.95 Å². The van der Waals surface area contributed by atoms with Crippen molar-refractivity contribution in [3.05, 3.63) is 54.2 Å². The van der Waals surface area contributed by atoms with Gasteiger partial charge >= 0.3 is 0 Å². The van der Waals surface area contributed by atoms with E-state index in [2.05, 4.69) is 20.5 Å². The number of para-hydroxylation sites is 2. The maximum absolute atomic E-state index is 12.6. The number of amides is 1. The van der Waals surface area contributed by atoms with Gasteiger partial charge in [0.15, 0.2) is 11.5 Å². The number of nitrogens with zero attached hydrogens (tertiary/aromatic N) is 3. The van der Waals surface area contributed by atoms with Gasteiger partial charge in [0.2, 0.25) is 12.7 Å². The van der Waals surface area contributed by atoms with Gasteiger partial charge in [-0.3, -0.25) is 15.2 Å². The van der Waals surface area contributed by atoms with E-state index in [1.165, 1.54) is 0 Å². The number of carbonyl (C=O) groups excluding carboxylic acids is 1. The molecule has 3 heterocycles. The third-order valence-electron chi connectivity index (χ3n) is 4.50. The number of hydrogen-bond donors (Lipinski definition) is 2. The van der Waals surface area contributed by atoms with Gasteiger partial charge in [0, 0.05) is 12.6 Å². The number of anilines is 1. The molecule has 4 aromatic rings. The molecule has 0 saturated heterocycles. The minimum atomic E-state index is -0.312. The third-order valence-corrected chi connectivity index (χ3v) is 4.50. The highest BCUT2D eigenvalue weighted by atomic mass is 16.7. The van der Waals surface area contributed by atoms with E-state index in [9.17, 15) is 4.79 Å². The maximum Gasteiger partial charge on any atom is 0.275 e. The SMILES string of the molecule is Cn1c(NC(=O)c2cc(-c3ccc4c(c3)OCO4)n[nH]2)nc2ccccc21. The van der Waals surface area contributed by atoms with Crippen molar-refractivity contribution in [3.8, 4) is 22.8 Å². The molecule has 27 heavy (non-hydrogen) atoms. The lowest BCUT2D eigenvalue weighted by atomic mass is 10.1. The first-order chi connectivity index (χ1) is 13.2. The molecule has 2 aromatic heterocycles. The molecule has 2 N–H and O–H groups in total. The molecule has 5 rings (SSSR count). The third kappa shape index (κ3) is 2.58. The van der Waals surface area contributed by atoms with Crippen molar-refractivity contribution in [2.75, 3.05) is 12.1 Å². The van der Waals surface area contributed by atoms with Crippen molar-refractivity contribution in [1.82, 2.24) is 19.7 Å². The first-order valence-corrected chi connectivity index (χ1v) is 8.37. The quantitative estimate of drug-likeness (QED) is 0.585. The summed E-state index contributed by atoms with van der Waals surface area (Å²) in [6.07, 6.45) is 0. The average Bonchev–Trinajstić information content (AvgIpc) is 3.41. The number of H-pyrrole nitrogens is 1. The van der Waals surface area contributed by atoms with Crippen molar-refractivity contribution >= 4 is 22.9 Å². The standard InChI is InChI=1S/C19H15N5O3/c1-24-15-5-3-2-4-12(15)20-19(24)21-18(25)14-9-13(22-23-14)11-6-7-16-17(8-11)27-10-26-16/h2-9H,10H2,1H3,(H,22,23)(H,20,21,25). The van der Waals surface area contributed by atoms with Crippen molar-refractivity contribution < 1.29 is 14.3 Å². The molecule has 0 fully saturated rings. The van der Waals surface area contributed by atoms with E-state index in [0.717, 1.165) is 16.6 Å². The minimum Gasteiger partial charge on any atom is -0.454 e. The Labute approximate surface area is 153 Å². The van der Waals surface area contributed by atoms with E-state index >= 15 is 0 Å². The van der Waals surface area contributed by atoms with Gasteiger partial charge in [-0.25, -0.2) is 4.98 Å². The van der Waals surface area contributed by atoms with E-state index in [0.29, 0.717) is 28.8 Å². The average molecular weight is 361 g/mol. The highest BCUT2D eigenvalue weighted by Gasteiger charge is 2.17. The van der Waals surface area contributed by atoms with E-state index in [-0.39, 0.29) is 12.7 Å². The van der Waals surface area contributed by atoms with Crippen LogP contribution in [0, 0.1) is 0 Å². The first kappa shape index (κ1) is 15.4. The summed E-state index contributed by atoms with van der Waals surface area (Å²) in [4.78, 5) is 17.0. The summed E-state index contributed by atoms with van der Waals surface area (Å²) in [7, 11) is 1.86. The van der Waals surface area contributed by atoms with Gasteiger partial charge in [0.05, 0.1) is 16.7 Å². The monoisotopic (exact) mass is 361 g/mol. The molecule has 0 bridgehead atoms. The van der Waals surface area contributed by atoms with Crippen LogP contribution in [-0.2, 0) is 7.05 Å². The number of hydrogen-bond acceptors (Lipinski definition) is 5. The van der Waals surface area contributed by atoms with Crippen LogP contribution < -0.4 is 14.8 Å². The summed E-state index contributed by atoms with van der Waals surface area (Å²) in [6, 6.07) is 14.9. The van der Waals surface area contributed by atoms with Gasteiger partial charge in [-0.15, -0.1) is 0 Å². The molecule has 1 aliphatic rings. The van der Waals surface area contributed by atoms with E-state index in [1.54, 1.807) is 6.07 Å². The van der Waals surface area contributed by atoms with Crippen LogP contribution in [0.5, 0.6) is 11.5 Å². The Morgan fingerprint density at radius 3 is 2.89 bits per heavy atom. The molecule has 8 nitrogen and oxygen atoms in total. The molecule has 0 spiro atoms. The highest BCUT2D eigenvalue weighted by molar-refractivity contribution is 6.03. The lowest BCUT2D eigenvalue weighted by molar-refractivity contribution is 0.102. The van der Waals surface area contributed by atoms with Crippen LogP contribution >= 0.6 is 0 Å². The minimum absolute atomic E-state index is 0.213. The van der Waals surface area contributed by atoms with Gasteiger partial charge in [-0.05, 0) is 36.4 Å². The van der Waals surface area contributed by atoms with Crippen molar-refractivity contribution in [1.29, 1.82) is 0 Å². The molecule has 1 aliphatic heterocycles. The van der Waals surface area contributed by atoms with Crippen LogP contribution in [0.25, 0.3) is 22.3 Å². The number of aromatic nitrogens is 4. The summed E-state index contributed by atoms with van der Waals surface area (Å²) < 4.78 is 12.5. The van der Waals surface area contributed by atoms with Crippen molar-refractivity contribution in [2.24, 2.45) is 7.05 Å². The van der Waals surface area contributed by atoms with Crippen LogP contribution in [-0.4, -0.2) is 32.4 Å². The molecule has 0 saturated carbocycles. The molecule has 0 unspecified atom stereocenters. The Morgan fingerprint density at radius 2 is 2.00 bits per heavy atom. The fourth-order valence-corrected chi connectivity index (χ4v) is 3.07.